The first kappa shape index (κ1) is 28.5. The predicted octanol–water partition coefficient (Wildman–Crippen LogP) is 3.76. The van der Waals surface area contributed by atoms with Gasteiger partial charge in [-0.2, -0.15) is 0 Å². The number of anilines is 1. The van der Waals surface area contributed by atoms with Crippen molar-refractivity contribution in [1.29, 1.82) is 0 Å². The van der Waals surface area contributed by atoms with E-state index in [0.29, 0.717) is 30.8 Å². The Morgan fingerprint density at radius 3 is 2.27 bits per heavy atom. The molecule has 37 heavy (non-hydrogen) atoms. The van der Waals surface area contributed by atoms with Crippen LogP contribution in [0.25, 0.3) is 0 Å². The molecule has 0 heterocycles. The lowest BCUT2D eigenvalue weighted by Crippen LogP contribution is -2.50. The largest absolute Gasteiger partial charge is 0.497 e. The van der Waals surface area contributed by atoms with Crippen LogP contribution in [0.1, 0.15) is 51.0 Å². The molecule has 2 aromatic rings. The number of amides is 2. The van der Waals surface area contributed by atoms with Crippen LogP contribution in [0.5, 0.6) is 5.75 Å². The smallest absolute Gasteiger partial charge is 0.242 e. The summed E-state index contributed by atoms with van der Waals surface area (Å²) in [6.45, 7) is 2.34. The summed E-state index contributed by atoms with van der Waals surface area (Å²) in [5, 5.41) is 3.11. The normalized spacial score (nSPS) is 14.7. The van der Waals surface area contributed by atoms with E-state index < -0.39 is 16.1 Å². The highest BCUT2D eigenvalue weighted by Crippen LogP contribution is 2.22. The number of nitrogens with zero attached hydrogens (tertiary/aromatic N) is 2. The van der Waals surface area contributed by atoms with E-state index in [-0.39, 0.29) is 30.8 Å². The summed E-state index contributed by atoms with van der Waals surface area (Å²) in [5.41, 5.74) is 1.60. The number of benzene rings is 2. The van der Waals surface area contributed by atoms with Crippen molar-refractivity contribution in [3.63, 3.8) is 0 Å². The van der Waals surface area contributed by atoms with Crippen molar-refractivity contribution in [2.75, 3.05) is 30.8 Å². The third-order valence-electron chi connectivity index (χ3n) is 6.87. The van der Waals surface area contributed by atoms with E-state index in [1.165, 1.54) is 4.31 Å². The summed E-state index contributed by atoms with van der Waals surface area (Å²) < 4.78 is 31.4. The second kappa shape index (κ2) is 13.5. The van der Waals surface area contributed by atoms with Crippen LogP contribution in [0.15, 0.2) is 54.6 Å². The van der Waals surface area contributed by atoms with Gasteiger partial charge in [0.15, 0.2) is 0 Å². The Morgan fingerprint density at radius 1 is 1.03 bits per heavy atom. The summed E-state index contributed by atoms with van der Waals surface area (Å²) >= 11 is 0. The van der Waals surface area contributed by atoms with Crippen LogP contribution in [-0.4, -0.2) is 63.7 Å². The minimum Gasteiger partial charge on any atom is -0.497 e. The Hall–Kier alpha value is -3.07. The van der Waals surface area contributed by atoms with Gasteiger partial charge in [-0.25, -0.2) is 8.42 Å². The molecule has 0 radical (unpaired) electrons. The standard InChI is InChI=1S/C28H39N3O5S/c1-22(28(33)29-24-12-7-8-13-24)30(21-19-23-10-5-4-6-11-23)27(32)14-9-20-31(37(3,34)35)25-15-17-26(36-2)18-16-25/h4-6,10-11,15-18,22,24H,7-9,12-14,19-21H2,1-3H3,(H,29,33)/t22-/m1/s1. The molecule has 0 saturated heterocycles. The van der Waals surface area contributed by atoms with Gasteiger partial charge in [0.1, 0.15) is 11.8 Å². The van der Waals surface area contributed by atoms with Gasteiger partial charge in [0.05, 0.1) is 19.1 Å². The number of rotatable bonds is 13. The van der Waals surface area contributed by atoms with Crippen LogP contribution in [0, 0.1) is 0 Å². The highest BCUT2D eigenvalue weighted by Gasteiger charge is 2.28. The molecule has 0 unspecified atom stereocenters. The van der Waals surface area contributed by atoms with Crippen LogP contribution in [0.4, 0.5) is 5.69 Å². The van der Waals surface area contributed by atoms with Crippen molar-refractivity contribution in [1.82, 2.24) is 10.2 Å². The maximum atomic E-state index is 13.4. The number of ether oxygens (including phenoxy) is 1. The van der Waals surface area contributed by atoms with Gasteiger partial charge < -0.3 is 15.0 Å². The molecule has 1 fully saturated rings. The van der Waals surface area contributed by atoms with Gasteiger partial charge in [-0.1, -0.05) is 43.2 Å². The molecule has 3 rings (SSSR count). The average Bonchev–Trinajstić information content (AvgIpc) is 3.39. The molecule has 1 saturated carbocycles. The van der Waals surface area contributed by atoms with Gasteiger partial charge in [-0.15, -0.1) is 0 Å². The number of sulfonamides is 1. The van der Waals surface area contributed by atoms with Gasteiger partial charge in [-0.3, -0.25) is 13.9 Å². The van der Waals surface area contributed by atoms with Crippen molar-refractivity contribution in [2.45, 2.75) is 64.0 Å². The molecule has 2 aromatic carbocycles. The second-order valence-electron chi connectivity index (χ2n) is 9.63. The van der Waals surface area contributed by atoms with Gasteiger partial charge in [0, 0.05) is 25.6 Å². The minimum atomic E-state index is -3.54. The fraction of sp³-hybridized carbons (Fsp3) is 0.500. The Labute approximate surface area is 221 Å². The van der Waals surface area contributed by atoms with Crippen molar-refractivity contribution in [3.8, 4) is 5.75 Å². The predicted molar refractivity (Wildman–Crippen MR) is 146 cm³/mol. The van der Waals surface area contributed by atoms with E-state index in [1.807, 2.05) is 30.3 Å². The van der Waals surface area contributed by atoms with Crippen molar-refractivity contribution in [3.05, 3.63) is 60.2 Å². The first-order valence-electron chi connectivity index (χ1n) is 12.9. The summed E-state index contributed by atoms with van der Waals surface area (Å²) in [5.74, 6) is 0.337. The molecule has 2 amide bonds. The number of nitrogens with one attached hydrogen (secondary N) is 1. The molecule has 0 aromatic heterocycles. The minimum absolute atomic E-state index is 0.135. The third-order valence-corrected chi connectivity index (χ3v) is 8.06. The van der Waals surface area contributed by atoms with Crippen LogP contribution >= 0.6 is 0 Å². The lowest BCUT2D eigenvalue weighted by Gasteiger charge is -2.30. The van der Waals surface area contributed by atoms with Crippen LogP contribution in [0.3, 0.4) is 0 Å². The highest BCUT2D eigenvalue weighted by molar-refractivity contribution is 7.92. The molecule has 9 heteroatoms. The maximum absolute atomic E-state index is 13.4. The Balaban J connectivity index is 1.66. The maximum Gasteiger partial charge on any atom is 0.242 e. The summed E-state index contributed by atoms with van der Waals surface area (Å²) in [6, 6.07) is 16.2. The van der Waals surface area contributed by atoms with E-state index in [4.69, 9.17) is 4.74 Å². The summed E-state index contributed by atoms with van der Waals surface area (Å²) in [7, 11) is -1.99. The molecular formula is C28H39N3O5S. The number of carbonyl (C=O) groups is 2. The SMILES string of the molecule is COc1ccc(N(CCCC(=O)N(CCc2ccccc2)[C@H](C)C(=O)NC2CCCC2)S(C)(=O)=O)cc1. The van der Waals surface area contributed by atoms with Gasteiger partial charge in [0.2, 0.25) is 21.8 Å². The van der Waals surface area contributed by atoms with Crippen LogP contribution < -0.4 is 14.4 Å². The average molecular weight is 530 g/mol. The zero-order valence-electron chi connectivity index (χ0n) is 22.1. The lowest BCUT2D eigenvalue weighted by atomic mass is 10.1. The Morgan fingerprint density at radius 2 is 1.68 bits per heavy atom. The van der Waals surface area contributed by atoms with Gasteiger partial charge >= 0.3 is 0 Å². The van der Waals surface area contributed by atoms with E-state index >= 15 is 0 Å². The topological polar surface area (TPSA) is 96.0 Å². The van der Waals surface area contributed by atoms with Gasteiger partial charge in [-0.05, 0) is 62.4 Å². The highest BCUT2D eigenvalue weighted by atomic mass is 32.2. The first-order valence-corrected chi connectivity index (χ1v) is 14.8. The van der Waals surface area contributed by atoms with E-state index in [0.717, 1.165) is 37.5 Å². The molecule has 1 N–H and O–H groups in total. The van der Waals surface area contributed by atoms with E-state index in [9.17, 15) is 18.0 Å². The number of hydrogen-bond donors (Lipinski definition) is 1. The molecule has 0 spiro atoms. The van der Waals surface area contributed by atoms with Gasteiger partial charge in [0.25, 0.3) is 0 Å². The molecule has 0 aliphatic heterocycles. The van der Waals surface area contributed by atoms with Crippen molar-refractivity contribution in [2.24, 2.45) is 0 Å². The second-order valence-corrected chi connectivity index (χ2v) is 11.5. The number of methoxy groups -OCH3 is 1. The quantitative estimate of drug-likeness (QED) is 0.426. The Kier molecular flexibility index (Phi) is 10.4. The molecule has 1 atom stereocenters. The molecule has 8 nitrogen and oxygen atoms in total. The molecule has 1 aliphatic rings. The number of hydrogen-bond acceptors (Lipinski definition) is 5. The van der Waals surface area contributed by atoms with Crippen LogP contribution in [-0.2, 0) is 26.0 Å². The van der Waals surface area contributed by atoms with Crippen molar-refractivity contribution < 1.29 is 22.7 Å². The lowest BCUT2D eigenvalue weighted by molar-refractivity contribution is -0.140. The third kappa shape index (κ3) is 8.49. The van der Waals surface area contributed by atoms with E-state index in [2.05, 4.69) is 5.32 Å². The molecule has 1 aliphatic carbocycles. The molecular weight excluding hydrogens is 490 g/mol. The Bertz CT molecular complexity index is 1120. The summed E-state index contributed by atoms with van der Waals surface area (Å²) in [6.07, 6.45) is 6.43. The number of carbonyl (C=O) groups excluding carboxylic acids is 2. The first-order chi connectivity index (χ1) is 17.7. The fourth-order valence-electron chi connectivity index (χ4n) is 4.71. The van der Waals surface area contributed by atoms with Crippen molar-refractivity contribution >= 4 is 27.5 Å². The summed E-state index contributed by atoms with van der Waals surface area (Å²) in [4.78, 5) is 28.0. The van der Waals surface area contributed by atoms with Crippen LogP contribution in [0.2, 0.25) is 0 Å². The zero-order valence-corrected chi connectivity index (χ0v) is 22.9. The monoisotopic (exact) mass is 529 g/mol. The molecule has 0 bridgehead atoms. The molecule has 202 valence electrons. The van der Waals surface area contributed by atoms with E-state index in [1.54, 1.807) is 43.2 Å². The zero-order chi connectivity index (χ0) is 26.8. The fourth-order valence-corrected chi connectivity index (χ4v) is 5.68.